The Balaban J connectivity index is 1.34. The van der Waals surface area contributed by atoms with Gasteiger partial charge in [-0.2, -0.15) is 0 Å². The number of carbonyl (C=O) groups excluding carboxylic acids is 2. The van der Waals surface area contributed by atoms with Crippen LogP contribution >= 0.6 is 23.1 Å². The van der Waals surface area contributed by atoms with E-state index in [2.05, 4.69) is 10.2 Å². The van der Waals surface area contributed by atoms with E-state index in [0.717, 1.165) is 16.7 Å². The molecular formula is C34H27N3O4S2. The number of aliphatic hydroxyl groups excluding tert-OH is 1. The minimum absolute atomic E-state index is 0.000459. The topological polar surface area (TPSA) is 92.6 Å². The zero-order valence-corrected chi connectivity index (χ0v) is 24.8. The Bertz CT molecular complexity index is 1770. The van der Waals surface area contributed by atoms with Gasteiger partial charge in [0.05, 0.1) is 11.6 Å². The van der Waals surface area contributed by atoms with Crippen LogP contribution in [0.3, 0.4) is 0 Å². The van der Waals surface area contributed by atoms with Crippen LogP contribution in [-0.2, 0) is 21.9 Å². The van der Waals surface area contributed by atoms with Crippen LogP contribution in [0.5, 0.6) is 5.75 Å². The summed E-state index contributed by atoms with van der Waals surface area (Å²) < 4.78 is 6.62. The van der Waals surface area contributed by atoms with Crippen LogP contribution in [0.1, 0.15) is 33.9 Å². The molecule has 2 heterocycles. The van der Waals surface area contributed by atoms with E-state index in [1.54, 1.807) is 36.4 Å². The van der Waals surface area contributed by atoms with Gasteiger partial charge in [-0.1, -0.05) is 126 Å². The number of Topliss-reactive ketones (excluding diaryl/α,β-unsaturated/α-hetero) is 1. The molecule has 0 bridgehead atoms. The lowest BCUT2D eigenvalue weighted by molar-refractivity contribution is -0.132. The lowest BCUT2D eigenvalue weighted by Gasteiger charge is -2.22. The van der Waals surface area contributed by atoms with Crippen molar-refractivity contribution in [3.05, 3.63) is 143 Å². The number of hydrogen-bond donors (Lipinski definition) is 1. The minimum atomic E-state index is -0.899. The number of ether oxygens (including phenoxy) is 1. The summed E-state index contributed by atoms with van der Waals surface area (Å²) in [7, 11) is 0. The monoisotopic (exact) mass is 605 g/mol. The Labute approximate surface area is 257 Å². The molecule has 0 radical (unpaired) electrons. The smallest absolute Gasteiger partial charge is 0.301 e. The average molecular weight is 606 g/mol. The molecule has 1 aliphatic heterocycles. The van der Waals surface area contributed by atoms with Gasteiger partial charge in [0.2, 0.25) is 5.13 Å². The lowest BCUT2D eigenvalue weighted by atomic mass is 9.95. The van der Waals surface area contributed by atoms with Gasteiger partial charge >= 0.3 is 5.91 Å². The van der Waals surface area contributed by atoms with Crippen molar-refractivity contribution < 1.29 is 19.4 Å². The van der Waals surface area contributed by atoms with Crippen LogP contribution in [0.4, 0.5) is 5.13 Å². The number of aromatic nitrogens is 2. The summed E-state index contributed by atoms with van der Waals surface area (Å²) in [6.07, 6.45) is 0. The van der Waals surface area contributed by atoms with Gasteiger partial charge in [-0.3, -0.25) is 14.5 Å². The van der Waals surface area contributed by atoms with E-state index in [1.807, 2.05) is 79.7 Å². The van der Waals surface area contributed by atoms with Crippen LogP contribution in [0.2, 0.25) is 0 Å². The molecule has 43 heavy (non-hydrogen) atoms. The summed E-state index contributed by atoms with van der Waals surface area (Å²) in [4.78, 5) is 28.4. The first-order valence-electron chi connectivity index (χ1n) is 13.6. The van der Waals surface area contributed by atoms with Crippen molar-refractivity contribution in [3.63, 3.8) is 0 Å². The SMILES string of the molecule is Cc1ccc(/C(O)=C2/C(=O)C(=O)N(c3nnc(SCc4ccccc4)s3)C2c2ccc(OCc3ccccc3)cc2)cc1. The summed E-state index contributed by atoms with van der Waals surface area (Å²) in [5.74, 6) is -0.452. The third-order valence-electron chi connectivity index (χ3n) is 7.02. The molecule has 6 rings (SSSR count). The number of anilines is 1. The quantitative estimate of drug-likeness (QED) is 0.0618. The molecule has 1 N–H and O–H groups in total. The number of thioether (sulfide) groups is 1. The molecule has 1 fully saturated rings. The van der Waals surface area contributed by atoms with Crippen LogP contribution in [-0.4, -0.2) is 27.0 Å². The maximum Gasteiger partial charge on any atom is 0.301 e. The Morgan fingerprint density at radius 3 is 2.19 bits per heavy atom. The van der Waals surface area contributed by atoms with Crippen LogP contribution in [0, 0.1) is 6.92 Å². The van der Waals surface area contributed by atoms with Crippen molar-refractivity contribution in [2.24, 2.45) is 0 Å². The second kappa shape index (κ2) is 12.6. The maximum atomic E-state index is 13.5. The standard InChI is InChI=1S/C34H27N3O4S2/c1-22-12-14-26(15-13-22)30(38)28-29(25-16-18-27(19-17-25)41-20-23-8-4-2-5-9-23)37(32(40)31(28)39)33-35-36-34(43-33)42-21-24-10-6-3-7-11-24/h2-19,29,38H,20-21H2,1H3/b30-28-. The molecule has 1 amide bonds. The molecule has 9 heteroatoms. The molecule has 5 aromatic rings. The van der Waals surface area contributed by atoms with Crippen LogP contribution in [0.25, 0.3) is 5.76 Å². The Kier molecular flexibility index (Phi) is 8.35. The molecule has 0 saturated carbocycles. The van der Waals surface area contributed by atoms with Crippen molar-refractivity contribution in [2.45, 2.75) is 29.7 Å². The third kappa shape index (κ3) is 6.23. The van der Waals surface area contributed by atoms with E-state index in [-0.39, 0.29) is 16.5 Å². The predicted octanol–water partition coefficient (Wildman–Crippen LogP) is 7.34. The number of amides is 1. The summed E-state index contributed by atoms with van der Waals surface area (Å²) in [5.41, 5.74) is 4.27. The highest BCUT2D eigenvalue weighted by Crippen LogP contribution is 2.44. The van der Waals surface area contributed by atoms with Gasteiger partial charge in [0, 0.05) is 11.3 Å². The van der Waals surface area contributed by atoms with Gasteiger partial charge in [0.15, 0.2) is 4.34 Å². The van der Waals surface area contributed by atoms with Crippen molar-refractivity contribution >= 4 is 45.7 Å². The van der Waals surface area contributed by atoms with Gasteiger partial charge in [0.1, 0.15) is 18.1 Å². The van der Waals surface area contributed by atoms with E-state index in [1.165, 1.54) is 28.0 Å². The molecule has 1 aliphatic rings. The van der Waals surface area contributed by atoms with E-state index >= 15 is 0 Å². The highest BCUT2D eigenvalue weighted by atomic mass is 32.2. The second-order valence-electron chi connectivity index (χ2n) is 10.0. The van der Waals surface area contributed by atoms with E-state index in [4.69, 9.17) is 4.74 Å². The summed E-state index contributed by atoms with van der Waals surface area (Å²) >= 11 is 2.75. The van der Waals surface area contributed by atoms with Crippen molar-refractivity contribution in [1.82, 2.24) is 10.2 Å². The van der Waals surface area contributed by atoms with Gasteiger partial charge in [-0.05, 0) is 35.7 Å². The predicted molar refractivity (Wildman–Crippen MR) is 169 cm³/mol. The molecule has 1 unspecified atom stereocenters. The molecule has 0 spiro atoms. The van der Waals surface area contributed by atoms with Gasteiger partial charge in [-0.15, -0.1) is 10.2 Å². The molecule has 214 valence electrons. The first kappa shape index (κ1) is 28.4. The number of aliphatic hydroxyl groups is 1. The molecule has 1 aromatic heterocycles. The highest BCUT2D eigenvalue weighted by Gasteiger charge is 2.48. The van der Waals surface area contributed by atoms with Gasteiger partial charge in [0.25, 0.3) is 5.78 Å². The van der Waals surface area contributed by atoms with E-state index in [0.29, 0.717) is 33.6 Å². The van der Waals surface area contributed by atoms with E-state index < -0.39 is 17.7 Å². The number of nitrogens with zero attached hydrogens (tertiary/aromatic N) is 3. The first-order chi connectivity index (χ1) is 21.0. The number of carbonyl (C=O) groups is 2. The summed E-state index contributed by atoms with van der Waals surface area (Å²) in [5, 5.41) is 20.3. The Morgan fingerprint density at radius 1 is 0.860 bits per heavy atom. The van der Waals surface area contributed by atoms with Gasteiger partial charge in [-0.25, -0.2) is 0 Å². The maximum absolute atomic E-state index is 13.5. The number of rotatable bonds is 9. The number of benzene rings is 4. The van der Waals surface area contributed by atoms with E-state index in [9.17, 15) is 14.7 Å². The van der Waals surface area contributed by atoms with Crippen LogP contribution in [0.15, 0.2) is 119 Å². The fourth-order valence-electron chi connectivity index (χ4n) is 4.78. The van der Waals surface area contributed by atoms with Crippen molar-refractivity contribution in [1.29, 1.82) is 0 Å². The molecule has 4 aromatic carbocycles. The molecule has 1 atom stereocenters. The lowest BCUT2D eigenvalue weighted by Crippen LogP contribution is -2.29. The normalized spacial score (nSPS) is 16.0. The largest absolute Gasteiger partial charge is 0.507 e. The Hall–Kier alpha value is -4.73. The number of ketones is 1. The second-order valence-corrected chi connectivity index (χ2v) is 12.2. The van der Waals surface area contributed by atoms with Crippen molar-refractivity contribution in [2.75, 3.05) is 4.90 Å². The summed E-state index contributed by atoms with van der Waals surface area (Å²) in [6, 6.07) is 33.3. The third-order valence-corrected chi connectivity index (χ3v) is 9.15. The van der Waals surface area contributed by atoms with Gasteiger partial charge < -0.3 is 9.84 Å². The molecule has 1 saturated heterocycles. The zero-order chi connectivity index (χ0) is 29.8. The fraction of sp³-hybridized carbons (Fsp3) is 0.118. The van der Waals surface area contributed by atoms with Crippen molar-refractivity contribution in [3.8, 4) is 5.75 Å². The average Bonchev–Trinajstić information content (AvgIpc) is 3.62. The molecule has 0 aliphatic carbocycles. The fourth-order valence-corrected chi connectivity index (χ4v) is 6.60. The number of aryl methyl sites for hydroxylation is 1. The minimum Gasteiger partial charge on any atom is -0.507 e. The summed E-state index contributed by atoms with van der Waals surface area (Å²) in [6.45, 7) is 2.34. The Morgan fingerprint density at radius 2 is 1.51 bits per heavy atom. The highest BCUT2D eigenvalue weighted by molar-refractivity contribution is 8.00. The molecular weight excluding hydrogens is 579 g/mol. The first-order valence-corrected chi connectivity index (χ1v) is 15.4. The zero-order valence-electron chi connectivity index (χ0n) is 23.2. The number of hydrogen-bond acceptors (Lipinski definition) is 8. The van der Waals surface area contributed by atoms with Crippen LogP contribution < -0.4 is 9.64 Å². The molecule has 7 nitrogen and oxygen atoms in total.